The first-order valence-corrected chi connectivity index (χ1v) is 8.89. The lowest BCUT2D eigenvalue weighted by Gasteiger charge is -2.09. The number of carbonyl (C=O) groups is 3. The summed E-state index contributed by atoms with van der Waals surface area (Å²) < 4.78 is 10.8. The number of anilines is 1. The van der Waals surface area contributed by atoms with Gasteiger partial charge in [0.05, 0.1) is 12.2 Å². The average Bonchev–Trinajstić information content (AvgIpc) is 2.65. The highest BCUT2D eigenvalue weighted by atomic mass is 79.9. The Morgan fingerprint density at radius 3 is 2.52 bits per heavy atom. The van der Waals surface area contributed by atoms with Gasteiger partial charge in [0.15, 0.2) is 13.2 Å². The molecule has 0 bridgehead atoms. The number of esters is 1. The maximum Gasteiger partial charge on any atom is 0.344 e. The van der Waals surface area contributed by atoms with E-state index in [0.29, 0.717) is 11.4 Å². The van der Waals surface area contributed by atoms with E-state index >= 15 is 0 Å². The number of hydrogen-bond acceptors (Lipinski definition) is 5. The number of ether oxygens (including phenoxy) is 2. The summed E-state index contributed by atoms with van der Waals surface area (Å²) in [4.78, 5) is 35.1. The van der Waals surface area contributed by atoms with Gasteiger partial charge in [0.1, 0.15) is 5.75 Å². The molecule has 0 aromatic heterocycles. The number of rotatable bonds is 8. The summed E-state index contributed by atoms with van der Waals surface area (Å²) in [6, 6.07) is 14.3. The fourth-order valence-corrected chi connectivity index (χ4v) is 2.41. The summed E-state index contributed by atoms with van der Waals surface area (Å²) in [5.41, 5.74) is 1.59. The van der Waals surface area contributed by atoms with Crippen molar-refractivity contribution < 1.29 is 23.9 Å². The minimum absolute atomic E-state index is 0.239. The van der Waals surface area contributed by atoms with Crippen LogP contribution in [0.2, 0.25) is 0 Å². The van der Waals surface area contributed by atoms with Crippen LogP contribution in [0.5, 0.6) is 5.75 Å². The number of benzene rings is 2. The van der Waals surface area contributed by atoms with Crippen LogP contribution >= 0.6 is 15.9 Å². The highest BCUT2D eigenvalue weighted by Gasteiger charge is 2.11. The third-order valence-electron chi connectivity index (χ3n) is 3.30. The van der Waals surface area contributed by atoms with Crippen molar-refractivity contribution in [2.24, 2.45) is 0 Å². The van der Waals surface area contributed by atoms with Crippen LogP contribution in [-0.2, 0) is 19.1 Å². The van der Waals surface area contributed by atoms with Crippen LogP contribution in [0, 0.1) is 6.92 Å². The van der Waals surface area contributed by atoms with E-state index in [1.54, 1.807) is 30.3 Å². The molecule has 0 aliphatic rings. The molecule has 0 saturated carbocycles. The van der Waals surface area contributed by atoms with Gasteiger partial charge in [-0.3, -0.25) is 9.59 Å². The average molecular weight is 435 g/mol. The van der Waals surface area contributed by atoms with E-state index in [-0.39, 0.29) is 13.2 Å². The summed E-state index contributed by atoms with van der Waals surface area (Å²) in [5, 5.41) is 5.02. The molecule has 2 amide bonds. The molecule has 0 heterocycles. The fraction of sp³-hybridized carbons (Fsp3) is 0.211. The molecule has 0 aliphatic heterocycles. The fourth-order valence-electron chi connectivity index (χ4n) is 2.02. The van der Waals surface area contributed by atoms with Crippen molar-refractivity contribution in [1.82, 2.24) is 5.32 Å². The van der Waals surface area contributed by atoms with Gasteiger partial charge in [-0.05, 0) is 52.7 Å². The monoisotopic (exact) mass is 434 g/mol. The number of amides is 2. The summed E-state index contributed by atoms with van der Waals surface area (Å²) in [6.45, 7) is 0.872. The molecule has 7 nitrogen and oxygen atoms in total. The van der Waals surface area contributed by atoms with Crippen molar-refractivity contribution in [3.8, 4) is 5.75 Å². The van der Waals surface area contributed by atoms with Crippen LogP contribution in [0.3, 0.4) is 0 Å². The Morgan fingerprint density at radius 2 is 1.78 bits per heavy atom. The standard InChI is InChI=1S/C19H19BrN2O5/c1-13-5-4-6-14(9-13)26-12-19(25)27-11-18(24)21-10-17(23)22-16-8-3-2-7-15(16)20/h2-9H,10-12H2,1H3,(H,21,24)(H,22,23). The molecule has 2 aromatic carbocycles. The maximum absolute atomic E-state index is 11.8. The largest absolute Gasteiger partial charge is 0.482 e. The summed E-state index contributed by atoms with van der Waals surface area (Å²) in [7, 11) is 0. The zero-order valence-corrected chi connectivity index (χ0v) is 16.2. The Balaban J connectivity index is 1.64. The van der Waals surface area contributed by atoms with Crippen LogP contribution in [0.1, 0.15) is 5.56 Å². The van der Waals surface area contributed by atoms with Crippen LogP contribution in [-0.4, -0.2) is 37.5 Å². The number of hydrogen-bond donors (Lipinski definition) is 2. The third kappa shape index (κ3) is 7.49. The molecule has 0 spiro atoms. The Morgan fingerprint density at radius 1 is 1.00 bits per heavy atom. The van der Waals surface area contributed by atoms with Crippen molar-refractivity contribution in [2.45, 2.75) is 6.92 Å². The first-order chi connectivity index (χ1) is 12.9. The highest BCUT2D eigenvalue weighted by molar-refractivity contribution is 9.10. The lowest BCUT2D eigenvalue weighted by Crippen LogP contribution is -2.36. The second-order valence-electron chi connectivity index (χ2n) is 5.57. The Bertz CT molecular complexity index is 825. The molecule has 0 aliphatic carbocycles. The molecule has 0 fully saturated rings. The van der Waals surface area contributed by atoms with Gasteiger partial charge >= 0.3 is 5.97 Å². The Labute approximate surface area is 165 Å². The van der Waals surface area contributed by atoms with E-state index in [0.717, 1.165) is 10.0 Å². The summed E-state index contributed by atoms with van der Waals surface area (Å²) in [5.74, 6) is -1.12. The van der Waals surface area contributed by atoms with Crippen molar-refractivity contribution in [2.75, 3.05) is 25.1 Å². The molecule has 27 heavy (non-hydrogen) atoms. The van der Waals surface area contributed by atoms with Crippen LogP contribution in [0.4, 0.5) is 5.69 Å². The Kier molecular flexibility index (Phi) is 7.81. The molecule has 2 N–H and O–H groups in total. The van der Waals surface area contributed by atoms with Gasteiger partial charge in [0, 0.05) is 4.47 Å². The topological polar surface area (TPSA) is 93.7 Å². The van der Waals surface area contributed by atoms with Gasteiger partial charge in [-0.15, -0.1) is 0 Å². The van der Waals surface area contributed by atoms with E-state index < -0.39 is 24.4 Å². The van der Waals surface area contributed by atoms with Crippen molar-refractivity contribution >= 4 is 39.4 Å². The predicted molar refractivity (Wildman–Crippen MR) is 103 cm³/mol. The SMILES string of the molecule is Cc1cccc(OCC(=O)OCC(=O)NCC(=O)Nc2ccccc2Br)c1. The number of halogens is 1. The summed E-state index contributed by atoms with van der Waals surface area (Å²) >= 11 is 3.31. The van der Waals surface area contributed by atoms with Crippen LogP contribution in [0.15, 0.2) is 53.0 Å². The quantitative estimate of drug-likeness (QED) is 0.622. The van der Waals surface area contributed by atoms with E-state index in [4.69, 9.17) is 9.47 Å². The minimum Gasteiger partial charge on any atom is -0.482 e. The minimum atomic E-state index is -0.677. The molecular formula is C19H19BrN2O5. The molecule has 0 atom stereocenters. The van der Waals surface area contributed by atoms with Gasteiger partial charge in [-0.1, -0.05) is 24.3 Å². The maximum atomic E-state index is 11.8. The van der Waals surface area contributed by atoms with Gasteiger partial charge in [0.25, 0.3) is 5.91 Å². The van der Waals surface area contributed by atoms with Crippen LogP contribution in [0.25, 0.3) is 0 Å². The van der Waals surface area contributed by atoms with Gasteiger partial charge < -0.3 is 20.1 Å². The molecule has 0 radical (unpaired) electrons. The Hall–Kier alpha value is -2.87. The van der Waals surface area contributed by atoms with Crippen molar-refractivity contribution in [1.29, 1.82) is 0 Å². The van der Waals surface area contributed by atoms with Crippen molar-refractivity contribution in [3.63, 3.8) is 0 Å². The lowest BCUT2D eigenvalue weighted by molar-refractivity contribution is -0.150. The molecule has 8 heteroatoms. The number of para-hydroxylation sites is 1. The normalized spacial score (nSPS) is 10.0. The van der Waals surface area contributed by atoms with E-state index in [2.05, 4.69) is 26.6 Å². The molecular weight excluding hydrogens is 416 g/mol. The van der Waals surface area contributed by atoms with Gasteiger partial charge in [-0.25, -0.2) is 4.79 Å². The zero-order valence-electron chi connectivity index (χ0n) is 14.7. The predicted octanol–water partition coefficient (Wildman–Crippen LogP) is 2.43. The number of aryl methyl sites for hydroxylation is 1. The van der Waals surface area contributed by atoms with E-state index in [9.17, 15) is 14.4 Å². The second kappa shape index (κ2) is 10.3. The lowest BCUT2D eigenvalue weighted by atomic mass is 10.2. The van der Waals surface area contributed by atoms with E-state index in [1.165, 1.54) is 0 Å². The molecule has 2 aromatic rings. The first kappa shape index (κ1) is 20.4. The summed E-state index contributed by atoms with van der Waals surface area (Å²) in [6.07, 6.45) is 0. The van der Waals surface area contributed by atoms with E-state index in [1.807, 2.05) is 25.1 Å². The smallest absolute Gasteiger partial charge is 0.344 e. The molecule has 142 valence electrons. The third-order valence-corrected chi connectivity index (χ3v) is 4.00. The molecule has 0 unspecified atom stereocenters. The van der Waals surface area contributed by atoms with Crippen LogP contribution < -0.4 is 15.4 Å². The second-order valence-corrected chi connectivity index (χ2v) is 6.42. The number of carbonyl (C=O) groups excluding carboxylic acids is 3. The van der Waals surface area contributed by atoms with Gasteiger partial charge in [-0.2, -0.15) is 0 Å². The first-order valence-electron chi connectivity index (χ1n) is 8.10. The molecule has 0 saturated heterocycles. The number of nitrogens with one attached hydrogen (secondary N) is 2. The molecule has 2 rings (SSSR count). The highest BCUT2D eigenvalue weighted by Crippen LogP contribution is 2.20. The van der Waals surface area contributed by atoms with Gasteiger partial charge in [0.2, 0.25) is 5.91 Å². The zero-order chi connectivity index (χ0) is 19.6. The van der Waals surface area contributed by atoms with Crippen molar-refractivity contribution in [3.05, 3.63) is 58.6 Å².